The van der Waals surface area contributed by atoms with Gasteiger partial charge in [-0.25, -0.2) is 4.39 Å². The van der Waals surface area contributed by atoms with Gasteiger partial charge in [0.25, 0.3) is 0 Å². The van der Waals surface area contributed by atoms with Crippen LogP contribution >= 0.6 is 0 Å². The van der Waals surface area contributed by atoms with E-state index < -0.39 is 5.82 Å². The fourth-order valence-electron chi connectivity index (χ4n) is 3.54. The highest BCUT2D eigenvalue weighted by Gasteiger charge is 2.32. The first-order chi connectivity index (χ1) is 11.2. The van der Waals surface area contributed by atoms with E-state index in [9.17, 15) is 4.39 Å². The molecule has 1 saturated heterocycles. The van der Waals surface area contributed by atoms with Gasteiger partial charge in [-0.05, 0) is 49.3 Å². The van der Waals surface area contributed by atoms with Crippen LogP contribution in [0.2, 0.25) is 0 Å². The minimum absolute atomic E-state index is 0.107. The molecule has 1 saturated carbocycles. The van der Waals surface area contributed by atoms with Gasteiger partial charge in [0.2, 0.25) is 0 Å². The van der Waals surface area contributed by atoms with Gasteiger partial charge < -0.3 is 9.47 Å². The molecule has 0 spiro atoms. The third-order valence-electron chi connectivity index (χ3n) is 5.02. The zero-order valence-electron chi connectivity index (χ0n) is 13.2. The first kappa shape index (κ1) is 16.2. The lowest BCUT2D eigenvalue weighted by Crippen LogP contribution is -2.37. The second kappa shape index (κ2) is 7.25. The van der Waals surface area contributed by atoms with Gasteiger partial charge in [0.1, 0.15) is 11.9 Å². The quantitative estimate of drug-likeness (QED) is 0.787. The van der Waals surface area contributed by atoms with Crippen molar-refractivity contribution in [1.82, 2.24) is 0 Å². The Labute approximate surface area is 136 Å². The van der Waals surface area contributed by atoms with E-state index in [1.807, 2.05) is 18.2 Å². The van der Waals surface area contributed by atoms with Gasteiger partial charge in [-0.2, -0.15) is 5.26 Å². The number of nitrogens with zero attached hydrogens (tertiary/aromatic N) is 1. The molecule has 1 aliphatic heterocycles. The molecular weight excluding hydrogens is 293 g/mol. The Morgan fingerprint density at radius 1 is 1.17 bits per heavy atom. The molecule has 4 heteroatoms. The van der Waals surface area contributed by atoms with Crippen molar-refractivity contribution >= 4 is 0 Å². The summed E-state index contributed by atoms with van der Waals surface area (Å²) in [5, 5.41) is 8.81. The standard InChI is InChI=1S/C19H22FNO2/c1-2-13-11-22-19(23-12-13)15-5-3-14(4-6-15)16-7-8-17(10-21)18(20)9-16/h2,7-9,13-15,19H,1,3-6,11-12H2/t13-,14?,15?,19-. The fourth-order valence-corrected chi connectivity index (χ4v) is 3.54. The molecule has 2 fully saturated rings. The predicted molar refractivity (Wildman–Crippen MR) is 85.2 cm³/mol. The summed E-state index contributed by atoms with van der Waals surface area (Å²) in [6.45, 7) is 5.15. The second-order valence-corrected chi connectivity index (χ2v) is 6.49. The number of nitriles is 1. The topological polar surface area (TPSA) is 42.2 Å². The van der Waals surface area contributed by atoms with Crippen molar-refractivity contribution in [3.8, 4) is 6.07 Å². The summed E-state index contributed by atoms with van der Waals surface area (Å²) in [5.41, 5.74) is 1.11. The van der Waals surface area contributed by atoms with Crippen LogP contribution in [0.5, 0.6) is 0 Å². The molecule has 3 rings (SSSR count). The summed E-state index contributed by atoms with van der Waals surface area (Å²) in [5.74, 6) is 0.656. The number of rotatable bonds is 3. The Morgan fingerprint density at radius 2 is 1.87 bits per heavy atom. The number of hydrogen-bond donors (Lipinski definition) is 0. The van der Waals surface area contributed by atoms with Crippen LogP contribution < -0.4 is 0 Å². The molecule has 0 N–H and O–H groups in total. The lowest BCUT2D eigenvalue weighted by Gasteiger charge is -2.37. The SMILES string of the molecule is C=C[C@H]1CO[C@H](C2CCC(c3ccc(C#N)c(F)c3)CC2)OC1. The van der Waals surface area contributed by atoms with Crippen molar-refractivity contribution < 1.29 is 13.9 Å². The summed E-state index contributed by atoms with van der Waals surface area (Å²) in [6, 6.07) is 6.86. The Morgan fingerprint density at radius 3 is 2.43 bits per heavy atom. The molecule has 0 radical (unpaired) electrons. The van der Waals surface area contributed by atoms with Crippen LogP contribution in [-0.4, -0.2) is 19.5 Å². The number of benzene rings is 1. The maximum atomic E-state index is 13.8. The number of hydrogen-bond acceptors (Lipinski definition) is 3. The maximum Gasteiger partial charge on any atom is 0.160 e. The molecule has 1 aliphatic carbocycles. The third-order valence-corrected chi connectivity index (χ3v) is 5.02. The van der Waals surface area contributed by atoms with Gasteiger partial charge in [-0.3, -0.25) is 0 Å². The number of halogens is 1. The average Bonchev–Trinajstić information content (AvgIpc) is 2.62. The normalized spacial score (nSPS) is 31.3. The molecule has 1 aromatic carbocycles. The molecule has 1 aromatic rings. The van der Waals surface area contributed by atoms with Gasteiger partial charge in [0, 0.05) is 11.8 Å². The summed E-state index contributed by atoms with van der Waals surface area (Å²) >= 11 is 0. The molecule has 0 aromatic heterocycles. The first-order valence-electron chi connectivity index (χ1n) is 8.26. The van der Waals surface area contributed by atoms with Crippen LogP contribution in [0.25, 0.3) is 0 Å². The van der Waals surface area contributed by atoms with Crippen molar-refractivity contribution in [2.75, 3.05) is 13.2 Å². The molecular formula is C19H22FNO2. The lowest BCUT2D eigenvalue weighted by atomic mass is 9.78. The van der Waals surface area contributed by atoms with Gasteiger partial charge in [-0.1, -0.05) is 12.1 Å². The highest BCUT2D eigenvalue weighted by atomic mass is 19.1. The first-order valence-corrected chi connectivity index (χ1v) is 8.26. The van der Waals surface area contributed by atoms with Crippen LogP contribution in [-0.2, 0) is 9.47 Å². The van der Waals surface area contributed by atoms with Crippen molar-refractivity contribution in [3.05, 3.63) is 47.8 Å². The van der Waals surface area contributed by atoms with E-state index in [1.165, 1.54) is 6.07 Å². The Hall–Kier alpha value is -1.70. The highest BCUT2D eigenvalue weighted by molar-refractivity contribution is 5.34. The van der Waals surface area contributed by atoms with Gasteiger partial charge >= 0.3 is 0 Å². The molecule has 2 aliphatic rings. The van der Waals surface area contributed by atoms with Gasteiger partial charge in [-0.15, -0.1) is 6.58 Å². The van der Waals surface area contributed by atoms with Crippen LogP contribution in [0.1, 0.15) is 42.7 Å². The molecule has 0 unspecified atom stereocenters. The van der Waals surface area contributed by atoms with E-state index in [4.69, 9.17) is 14.7 Å². The number of ether oxygens (including phenoxy) is 2. The maximum absolute atomic E-state index is 13.8. The summed E-state index contributed by atoms with van der Waals surface area (Å²) in [4.78, 5) is 0. The Balaban J connectivity index is 1.55. The third kappa shape index (κ3) is 3.63. The van der Waals surface area contributed by atoms with Crippen LogP contribution in [0, 0.1) is 29.0 Å². The lowest BCUT2D eigenvalue weighted by molar-refractivity contribution is -0.222. The van der Waals surface area contributed by atoms with E-state index in [-0.39, 0.29) is 11.9 Å². The molecule has 0 amide bonds. The van der Waals surface area contributed by atoms with E-state index in [0.29, 0.717) is 31.0 Å². The average molecular weight is 315 g/mol. The molecule has 1 heterocycles. The van der Waals surface area contributed by atoms with E-state index in [1.54, 1.807) is 6.07 Å². The molecule has 23 heavy (non-hydrogen) atoms. The van der Waals surface area contributed by atoms with Crippen molar-refractivity contribution in [2.24, 2.45) is 11.8 Å². The van der Waals surface area contributed by atoms with Crippen molar-refractivity contribution in [3.63, 3.8) is 0 Å². The zero-order valence-corrected chi connectivity index (χ0v) is 13.2. The fraction of sp³-hybridized carbons (Fsp3) is 0.526. The van der Waals surface area contributed by atoms with Crippen molar-refractivity contribution in [2.45, 2.75) is 37.9 Å². The molecule has 122 valence electrons. The summed E-state index contributed by atoms with van der Waals surface area (Å²) in [7, 11) is 0. The smallest absolute Gasteiger partial charge is 0.160 e. The van der Waals surface area contributed by atoms with Crippen LogP contribution in [0.15, 0.2) is 30.9 Å². The largest absolute Gasteiger partial charge is 0.352 e. The van der Waals surface area contributed by atoms with Crippen LogP contribution in [0.4, 0.5) is 4.39 Å². The molecule has 0 bridgehead atoms. The van der Waals surface area contributed by atoms with Gasteiger partial charge in [0.05, 0.1) is 18.8 Å². The monoisotopic (exact) mass is 315 g/mol. The summed E-state index contributed by atoms with van der Waals surface area (Å²) < 4.78 is 25.4. The Kier molecular flexibility index (Phi) is 5.09. The van der Waals surface area contributed by atoms with E-state index in [0.717, 1.165) is 31.2 Å². The van der Waals surface area contributed by atoms with E-state index >= 15 is 0 Å². The van der Waals surface area contributed by atoms with Crippen LogP contribution in [0.3, 0.4) is 0 Å². The second-order valence-electron chi connectivity index (χ2n) is 6.49. The van der Waals surface area contributed by atoms with Crippen molar-refractivity contribution in [1.29, 1.82) is 5.26 Å². The minimum Gasteiger partial charge on any atom is -0.352 e. The van der Waals surface area contributed by atoms with Gasteiger partial charge in [0.15, 0.2) is 6.29 Å². The Bertz CT molecular complexity index is 594. The molecule has 3 nitrogen and oxygen atoms in total. The molecule has 0 atom stereocenters. The minimum atomic E-state index is -0.415. The highest BCUT2D eigenvalue weighted by Crippen LogP contribution is 2.39. The zero-order chi connectivity index (χ0) is 16.2. The van der Waals surface area contributed by atoms with E-state index in [2.05, 4.69) is 6.58 Å². The summed E-state index contributed by atoms with van der Waals surface area (Å²) in [6.07, 6.45) is 5.83. The predicted octanol–water partition coefficient (Wildman–Crippen LogP) is 4.15.